The molecule has 4 unspecified atom stereocenters. The van der Waals surface area contributed by atoms with Gasteiger partial charge in [0.15, 0.2) is 6.29 Å². The largest absolute Gasteiger partial charge is 0.368 e. The lowest BCUT2D eigenvalue weighted by atomic mass is 9.85. The molecule has 0 spiro atoms. The van der Waals surface area contributed by atoms with Crippen LogP contribution in [0, 0.1) is 23.2 Å². The Morgan fingerprint density at radius 3 is 2.62 bits per heavy atom. The minimum atomic E-state index is -1.31. The van der Waals surface area contributed by atoms with E-state index >= 15 is 0 Å². The molecule has 0 saturated heterocycles. The normalized spacial score (nSPS) is 31.5. The molecule has 2 bridgehead atoms. The van der Waals surface area contributed by atoms with Gasteiger partial charge < -0.3 is 19.7 Å². The zero-order chi connectivity index (χ0) is 15.5. The Bertz CT molecular complexity index is 351. The van der Waals surface area contributed by atoms with E-state index < -0.39 is 6.29 Å². The number of ether oxygens (including phenoxy) is 2. The van der Waals surface area contributed by atoms with E-state index in [-0.39, 0.29) is 24.7 Å². The molecule has 0 aromatic rings. The highest BCUT2D eigenvalue weighted by molar-refractivity contribution is 5.15. The van der Waals surface area contributed by atoms with Crippen molar-refractivity contribution in [3.05, 3.63) is 12.2 Å². The van der Waals surface area contributed by atoms with Crippen molar-refractivity contribution in [2.75, 3.05) is 13.4 Å². The van der Waals surface area contributed by atoms with E-state index in [1.54, 1.807) is 0 Å². The van der Waals surface area contributed by atoms with Crippen molar-refractivity contribution < 1.29 is 19.7 Å². The van der Waals surface area contributed by atoms with E-state index in [4.69, 9.17) is 9.47 Å². The van der Waals surface area contributed by atoms with Gasteiger partial charge in [-0.2, -0.15) is 0 Å². The van der Waals surface area contributed by atoms with Crippen LogP contribution < -0.4 is 0 Å². The average Bonchev–Trinajstić information content (AvgIpc) is 3.03. The lowest BCUT2D eigenvalue weighted by Gasteiger charge is -2.29. The Balaban J connectivity index is 1.64. The van der Waals surface area contributed by atoms with Gasteiger partial charge in [-0.25, -0.2) is 0 Å². The maximum Gasteiger partial charge on any atom is 0.157 e. The van der Waals surface area contributed by atoms with Crippen LogP contribution in [-0.2, 0) is 9.47 Å². The van der Waals surface area contributed by atoms with E-state index in [1.807, 2.05) is 0 Å². The number of allylic oxidation sites excluding steroid dienone is 1. The van der Waals surface area contributed by atoms with E-state index in [1.165, 1.54) is 6.42 Å². The first kappa shape index (κ1) is 16.9. The molecule has 4 heteroatoms. The smallest absolute Gasteiger partial charge is 0.157 e. The fraction of sp³-hybridized carbons (Fsp3) is 0.882. The van der Waals surface area contributed by atoms with Crippen LogP contribution in [0.5, 0.6) is 0 Å². The molecule has 4 nitrogen and oxygen atoms in total. The molecule has 0 heterocycles. The minimum Gasteiger partial charge on any atom is -0.368 e. The zero-order valence-corrected chi connectivity index (χ0v) is 13.5. The van der Waals surface area contributed by atoms with Gasteiger partial charge in [0.1, 0.15) is 6.79 Å². The molecule has 1 saturated carbocycles. The summed E-state index contributed by atoms with van der Waals surface area (Å²) in [5.41, 5.74) is 0.381. The molecule has 0 aromatic carbocycles. The van der Waals surface area contributed by atoms with Crippen molar-refractivity contribution in [1.82, 2.24) is 0 Å². The molecule has 2 aliphatic carbocycles. The van der Waals surface area contributed by atoms with Crippen LogP contribution in [0.25, 0.3) is 0 Å². The Labute approximate surface area is 128 Å². The molecule has 0 radical (unpaired) electrons. The Morgan fingerprint density at radius 2 is 1.95 bits per heavy atom. The first-order valence-electron chi connectivity index (χ1n) is 8.18. The van der Waals surface area contributed by atoms with Gasteiger partial charge in [-0.05, 0) is 30.6 Å². The minimum absolute atomic E-state index is 0.118. The van der Waals surface area contributed by atoms with Gasteiger partial charge in [-0.15, -0.1) is 0 Å². The quantitative estimate of drug-likeness (QED) is 0.390. The SMILES string of the molecule is CCC(C)(C)CCCOCOC1C2C=CC(C2)C1C(O)O. The van der Waals surface area contributed by atoms with Crippen molar-refractivity contribution in [3.8, 4) is 0 Å². The summed E-state index contributed by atoms with van der Waals surface area (Å²) in [6.07, 6.45) is 7.13. The summed E-state index contributed by atoms with van der Waals surface area (Å²) in [6, 6.07) is 0. The Kier molecular flexibility index (Phi) is 5.83. The summed E-state index contributed by atoms with van der Waals surface area (Å²) in [5, 5.41) is 19.0. The predicted octanol–water partition coefficient (Wildman–Crippen LogP) is 2.69. The fourth-order valence-corrected chi connectivity index (χ4v) is 3.46. The van der Waals surface area contributed by atoms with Gasteiger partial charge in [-0.3, -0.25) is 0 Å². The van der Waals surface area contributed by atoms with Gasteiger partial charge in [0.05, 0.1) is 6.10 Å². The first-order chi connectivity index (χ1) is 9.94. The molecule has 1 fully saturated rings. The first-order valence-corrected chi connectivity index (χ1v) is 8.18. The topological polar surface area (TPSA) is 58.9 Å². The van der Waals surface area contributed by atoms with Crippen molar-refractivity contribution in [2.24, 2.45) is 23.2 Å². The van der Waals surface area contributed by atoms with Crippen LogP contribution in [0.15, 0.2) is 12.2 Å². The van der Waals surface area contributed by atoms with Crippen molar-refractivity contribution in [2.45, 2.75) is 58.8 Å². The summed E-state index contributed by atoms with van der Waals surface area (Å²) >= 11 is 0. The molecule has 4 atom stereocenters. The maximum absolute atomic E-state index is 9.50. The van der Waals surface area contributed by atoms with Crippen LogP contribution in [0.2, 0.25) is 0 Å². The molecule has 0 aromatic heterocycles. The van der Waals surface area contributed by atoms with Gasteiger partial charge in [0, 0.05) is 18.4 Å². The summed E-state index contributed by atoms with van der Waals surface area (Å²) in [5.74, 6) is 0.345. The molecule has 0 aliphatic heterocycles. The molecule has 122 valence electrons. The van der Waals surface area contributed by atoms with Crippen LogP contribution >= 0.6 is 0 Å². The molecular formula is C17H30O4. The molecule has 0 amide bonds. The van der Waals surface area contributed by atoms with Crippen molar-refractivity contribution >= 4 is 0 Å². The highest BCUT2D eigenvalue weighted by Gasteiger charge is 2.48. The molecule has 21 heavy (non-hydrogen) atoms. The summed E-state index contributed by atoms with van der Waals surface area (Å²) in [4.78, 5) is 0. The van der Waals surface area contributed by atoms with Gasteiger partial charge in [0.25, 0.3) is 0 Å². The van der Waals surface area contributed by atoms with Gasteiger partial charge in [-0.1, -0.05) is 39.3 Å². The third kappa shape index (κ3) is 4.28. The summed E-state index contributed by atoms with van der Waals surface area (Å²) in [6.45, 7) is 7.72. The highest BCUT2D eigenvalue weighted by Crippen LogP contribution is 2.46. The molecule has 2 N–H and O–H groups in total. The number of rotatable bonds is 9. The second kappa shape index (κ2) is 7.23. The van der Waals surface area contributed by atoms with Crippen LogP contribution in [-0.4, -0.2) is 36.0 Å². The third-order valence-electron chi connectivity index (χ3n) is 5.23. The summed E-state index contributed by atoms with van der Waals surface area (Å²) in [7, 11) is 0. The average molecular weight is 298 g/mol. The van der Waals surface area contributed by atoms with Crippen LogP contribution in [0.4, 0.5) is 0 Å². The van der Waals surface area contributed by atoms with Crippen LogP contribution in [0.1, 0.15) is 46.5 Å². The van der Waals surface area contributed by atoms with E-state index in [2.05, 4.69) is 32.9 Å². The van der Waals surface area contributed by atoms with E-state index in [0.29, 0.717) is 17.9 Å². The number of aliphatic hydroxyl groups is 2. The summed E-state index contributed by atoms with van der Waals surface area (Å²) < 4.78 is 11.3. The maximum atomic E-state index is 9.50. The van der Waals surface area contributed by atoms with Gasteiger partial charge in [0.2, 0.25) is 0 Å². The molecular weight excluding hydrogens is 268 g/mol. The molecule has 2 aliphatic rings. The number of aliphatic hydroxyl groups excluding tert-OH is 1. The second-order valence-electron chi connectivity index (χ2n) is 7.22. The van der Waals surface area contributed by atoms with Crippen molar-refractivity contribution in [3.63, 3.8) is 0 Å². The predicted molar refractivity (Wildman–Crippen MR) is 81.5 cm³/mol. The van der Waals surface area contributed by atoms with E-state index in [9.17, 15) is 10.2 Å². The Morgan fingerprint density at radius 1 is 1.24 bits per heavy atom. The fourth-order valence-electron chi connectivity index (χ4n) is 3.46. The van der Waals surface area contributed by atoms with Crippen molar-refractivity contribution in [1.29, 1.82) is 0 Å². The number of hydrogen-bond donors (Lipinski definition) is 2. The lowest BCUT2D eigenvalue weighted by molar-refractivity contribution is -0.166. The molecule has 2 rings (SSSR count). The third-order valence-corrected chi connectivity index (χ3v) is 5.23. The zero-order valence-electron chi connectivity index (χ0n) is 13.5. The highest BCUT2D eigenvalue weighted by atomic mass is 16.7. The lowest BCUT2D eigenvalue weighted by Crippen LogP contribution is -2.37. The Hall–Kier alpha value is -0.420. The second-order valence-corrected chi connectivity index (χ2v) is 7.22. The number of hydrogen-bond acceptors (Lipinski definition) is 4. The monoisotopic (exact) mass is 298 g/mol. The van der Waals surface area contributed by atoms with Gasteiger partial charge >= 0.3 is 0 Å². The van der Waals surface area contributed by atoms with Crippen LogP contribution in [0.3, 0.4) is 0 Å². The van der Waals surface area contributed by atoms with E-state index in [0.717, 1.165) is 19.3 Å². The number of fused-ring (bicyclic) bond motifs is 2. The standard InChI is InChI=1S/C17H30O4/c1-4-17(2,3)8-5-9-20-11-21-15-13-7-6-12(10-13)14(15)16(18)19/h6-7,12-16,18-19H,4-5,8-11H2,1-3H3.